The second kappa shape index (κ2) is 3.39. The molecule has 0 bridgehead atoms. The molecule has 0 saturated heterocycles. The molecular weight excluding hydrogens is 118 g/mol. The Labute approximate surface area is 39.3 Å². The normalized spacial score (nSPS) is 15.5. The Kier molecular flexibility index (Phi) is 3.51. The Morgan fingerprint density at radius 1 is 1.33 bits per heavy atom. The predicted octanol–water partition coefficient (Wildman–Crippen LogP) is 1.73. The van der Waals surface area contributed by atoms with E-state index in [-0.39, 0.29) is 16.9 Å². The van der Waals surface area contributed by atoms with Crippen molar-refractivity contribution in [1.29, 1.82) is 0 Å². The third-order valence-corrected chi connectivity index (χ3v) is 1.30. The lowest BCUT2D eigenvalue weighted by Crippen LogP contribution is -1.68. The lowest BCUT2D eigenvalue weighted by Gasteiger charge is -1.74. The lowest BCUT2D eigenvalue weighted by atomic mass is 11.0. The van der Waals surface area contributed by atoms with Crippen LogP contribution < -0.4 is 0 Å². The van der Waals surface area contributed by atoms with Crippen LogP contribution in [0.3, 0.4) is 0 Å². The lowest BCUT2D eigenvalue weighted by molar-refractivity contribution is 0.591. The summed E-state index contributed by atoms with van der Waals surface area (Å²) in [7, 11) is -0.316. The predicted molar refractivity (Wildman–Crippen MR) is 24.4 cm³/mol. The van der Waals surface area contributed by atoms with Crippen molar-refractivity contribution >= 4 is 16.9 Å². The Bertz CT molecular complexity index is 54.6. The van der Waals surface area contributed by atoms with Gasteiger partial charge >= 0.3 is 0 Å². The zero-order valence-electron chi connectivity index (χ0n) is 3.00. The maximum absolute atomic E-state index is 9.56. The molecular formula is C2H3O2P2. The molecule has 0 fully saturated rings. The van der Waals surface area contributed by atoms with E-state index in [2.05, 4.69) is 6.92 Å². The van der Waals surface area contributed by atoms with Gasteiger partial charge in [0.1, 0.15) is 5.40 Å². The fourth-order valence-electron chi connectivity index (χ4n) is 0.0192. The van der Waals surface area contributed by atoms with E-state index in [1.54, 1.807) is 0 Å². The van der Waals surface area contributed by atoms with Gasteiger partial charge in [0.15, 0.2) is 16.9 Å². The topological polar surface area (TPSA) is 34.1 Å². The third kappa shape index (κ3) is 2.44. The molecule has 0 spiro atoms. The van der Waals surface area contributed by atoms with E-state index in [0.717, 1.165) is 0 Å². The van der Waals surface area contributed by atoms with Gasteiger partial charge in [-0.3, -0.25) is 9.13 Å². The first-order chi connectivity index (χ1) is 2.81. The van der Waals surface area contributed by atoms with Crippen molar-refractivity contribution < 1.29 is 9.13 Å². The Balaban J connectivity index is 3.21. The standard InChI is InChI=1S/C2H3O2P2/c1-2(5-3)6-4/h2H,1H2. The Hall–Kier alpha value is 0.200. The highest BCUT2D eigenvalue weighted by atomic mass is 31.1. The van der Waals surface area contributed by atoms with E-state index in [1.165, 1.54) is 0 Å². The molecule has 0 unspecified atom stereocenters. The van der Waals surface area contributed by atoms with Crippen LogP contribution in [-0.4, -0.2) is 5.40 Å². The average molecular weight is 121 g/mol. The molecule has 6 heavy (non-hydrogen) atoms. The first kappa shape index (κ1) is 6.20. The van der Waals surface area contributed by atoms with Gasteiger partial charge in [-0.1, -0.05) is 0 Å². The van der Waals surface area contributed by atoms with Crippen LogP contribution in [0.4, 0.5) is 0 Å². The molecule has 0 aliphatic heterocycles. The molecule has 0 saturated carbocycles. The molecule has 33 valence electrons. The average Bonchev–Trinajstić information content (AvgIpc) is 1.65. The second-order valence-corrected chi connectivity index (χ2v) is 2.77. The van der Waals surface area contributed by atoms with Gasteiger partial charge in [0.05, 0.1) is 0 Å². The van der Waals surface area contributed by atoms with Crippen molar-refractivity contribution in [2.75, 3.05) is 0 Å². The van der Waals surface area contributed by atoms with Crippen molar-refractivity contribution in [3.05, 3.63) is 6.92 Å². The van der Waals surface area contributed by atoms with Crippen molar-refractivity contribution in [1.82, 2.24) is 0 Å². The van der Waals surface area contributed by atoms with Gasteiger partial charge in [0, 0.05) is 0 Å². The number of hydrogen-bond donors (Lipinski definition) is 0. The van der Waals surface area contributed by atoms with Gasteiger partial charge in [-0.2, -0.15) is 0 Å². The maximum atomic E-state index is 9.56. The van der Waals surface area contributed by atoms with E-state index < -0.39 is 5.40 Å². The smallest absolute Gasteiger partial charge is 0.171 e. The summed E-state index contributed by atoms with van der Waals surface area (Å²) < 4.78 is 19.1. The first-order valence-electron chi connectivity index (χ1n) is 1.29. The van der Waals surface area contributed by atoms with E-state index in [1.807, 2.05) is 0 Å². The van der Waals surface area contributed by atoms with Crippen LogP contribution in [0.2, 0.25) is 0 Å². The first-order valence-corrected chi connectivity index (χ1v) is 3.05. The van der Waals surface area contributed by atoms with E-state index in [4.69, 9.17) is 0 Å². The third-order valence-electron chi connectivity index (χ3n) is 0.243. The second-order valence-electron chi connectivity index (χ2n) is 0.691. The van der Waals surface area contributed by atoms with Crippen LogP contribution in [0.25, 0.3) is 0 Å². The maximum Gasteiger partial charge on any atom is 0.171 e. The zero-order valence-corrected chi connectivity index (χ0v) is 4.78. The fraction of sp³-hybridized carbons (Fsp3) is 0.500. The highest BCUT2D eigenvalue weighted by molar-refractivity contribution is 7.44. The van der Waals surface area contributed by atoms with E-state index in [0.29, 0.717) is 0 Å². The summed E-state index contributed by atoms with van der Waals surface area (Å²) in [6, 6.07) is 0. The van der Waals surface area contributed by atoms with Crippen LogP contribution in [0.15, 0.2) is 0 Å². The van der Waals surface area contributed by atoms with Crippen molar-refractivity contribution in [3.63, 3.8) is 0 Å². The van der Waals surface area contributed by atoms with Gasteiger partial charge in [-0.05, 0) is 6.92 Å². The van der Waals surface area contributed by atoms with Crippen LogP contribution in [0.1, 0.15) is 0 Å². The van der Waals surface area contributed by atoms with Crippen LogP contribution in [-0.2, 0) is 9.13 Å². The van der Waals surface area contributed by atoms with Crippen LogP contribution >= 0.6 is 16.9 Å². The summed E-state index contributed by atoms with van der Waals surface area (Å²) in [6.45, 7) is 3.23. The summed E-state index contributed by atoms with van der Waals surface area (Å²) in [5, 5.41) is -0.481. The molecule has 0 aliphatic rings. The Morgan fingerprint density at radius 2 is 1.67 bits per heavy atom. The molecule has 1 radical (unpaired) electrons. The van der Waals surface area contributed by atoms with Crippen LogP contribution in [0.5, 0.6) is 0 Å². The largest absolute Gasteiger partial charge is 0.274 e. The van der Waals surface area contributed by atoms with Gasteiger partial charge in [-0.15, -0.1) is 0 Å². The summed E-state index contributed by atoms with van der Waals surface area (Å²) in [6.07, 6.45) is 0. The van der Waals surface area contributed by atoms with Gasteiger partial charge in [0.25, 0.3) is 0 Å². The molecule has 0 rings (SSSR count). The highest BCUT2D eigenvalue weighted by Gasteiger charge is 1.93. The minimum Gasteiger partial charge on any atom is -0.274 e. The summed E-state index contributed by atoms with van der Waals surface area (Å²) in [4.78, 5) is 0. The van der Waals surface area contributed by atoms with Gasteiger partial charge in [-0.25, -0.2) is 0 Å². The molecule has 0 amide bonds. The van der Waals surface area contributed by atoms with Crippen molar-refractivity contribution in [3.8, 4) is 0 Å². The molecule has 0 aromatic rings. The van der Waals surface area contributed by atoms with Crippen molar-refractivity contribution in [2.45, 2.75) is 5.40 Å². The van der Waals surface area contributed by atoms with Gasteiger partial charge in [0.2, 0.25) is 0 Å². The molecule has 0 atom stereocenters. The molecule has 2 nitrogen and oxygen atoms in total. The van der Waals surface area contributed by atoms with Crippen molar-refractivity contribution in [2.24, 2.45) is 0 Å². The van der Waals surface area contributed by atoms with Gasteiger partial charge < -0.3 is 0 Å². The summed E-state index contributed by atoms with van der Waals surface area (Å²) >= 11 is 0. The Morgan fingerprint density at radius 3 is 1.67 bits per heavy atom. The minimum atomic E-state index is -0.481. The summed E-state index contributed by atoms with van der Waals surface area (Å²) in [5.74, 6) is 0. The zero-order chi connectivity index (χ0) is 4.99. The molecule has 0 aromatic carbocycles. The molecule has 0 aliphatic carbocycles. The molecule has 0 heterocycles. The molecule has 0 N–H and O–H groups in total. The SMILES string of the molecule is [CH2]C(P=O)P=O. The quantitative estimate of drug-likeness (QED) is 0.521. The highest BCUT2D eigenvalue weighted by Crippen LogP contribution is 2.15. The van der Waals surface area contributed by atoms with Crippen LogP contribution in [0, 0.1) is 6.92 Å². The summed E-state index contributed by atoms with van der Waals surface area (Å²) in [5.41, 5.74) is 0. The number of rotatable bonds is 2. The monoisotopic (exact) mass is 121 g/mol. The number of hydrogen-bond acceptors (Lipinski definition) is 2. The van der Waals surface area contributed by atoms with E-state index in [9.17, 15) is 9.13 Å². The molecule has 0 aromatic heterocycles. The molecule has 4 heteroatoms. The van der Waals surface area contributed by atoms with E-state index >= 15 is 0 Å². The fourth-order valence-corrected chi connectivity index (χ4v) is 0.173. The minimum absolute atomic E-state index is 0.158.